The van der Waals surface area contributed by atoms with Gasteiger partial charge in [-0.1, -0.05) is 0 Å². The fourth-order valence-electron chi connectivity index (χ4n) is 0.510. The molecular weight excluding hydrogens is 290 g/mol. The van der Waals surface area contributed by atoms with Crippen LogP contribution in [0.25, 0.3) is 0 Å². The molecule has 0 saturated carbocycles. The summed E-state index contributed by atoms with van der Waals surface area (Å²) in [6.45, 7) is 17.7. The van der Waals surface area contributed by atoms with Gasteiger partial charge in [0.1, 0.15) is 0 Å². The molecule has 4 nitrogen and oxygen atoms in total. The van der Waals surface area contributed by atoms with E-state index < -0.39 is 16.8 Å². The largest absolute Gasteiger partial charge is 1.00 e. The summed E-state index contributed by atoms with van der Waals surface area (Å²) in [5, 5.41) is 25.6. The smallest absolute Gasteiger partial charge is 1.00 e. The van der Waals surface area contributed by atoms with Crippen LogP contribution in [0.3, 0.4) is 0 Å². The molecule has 1 saturated heterocycles. The van der Waals surface area contributed by atoms with E-state index in [1.165, 1.54) is 12.8 Å². The van der Waals surface area contributed by atoms with E-state index in [4.69, 9.17) is 20.1 Å². The molecule has 1 rings (SSSR count). The van der Waals surface area contributed by atoms with Gasteiger partial charge in [-0.3, -0.25) is 0 Å². The van der Waals surface area contributed by atoms with Crippen molar-refractivity contribution >= 4 is 17.4 Å². The van der Waals surface area contributed by atoms with Crippen molar-refractivity contribution in [3.05, 3.63) is 0 Å². The van der Waals surface area contributed by atoms with E-state index in [-0.39, 0.29) is 37.6 Å². The van der Waals surface area contributed by atoms with Crippen molar-refractivity contribution in [2.24, 2.45) is 0 Å². The van der Waals surface area contributed by atoms with Gasteiger partial charge in [-0.05, 0) is 75.2 Å². The Morgan fingerprint density at radius 1 is 0.636 bits per heavy atom. The third-order valence-electron chi connectivity index (χ3n) is 0.827. The van der Waals surface area contributed by atoms with Crippen LogP contribution in [-0.2, 0) is 4.74 Å². The number of ether oxygens (including phenoxy) is 1. The van der Waals surface area contributed by atoms with Gasteiger partial charge in [-0.25, -0.2) is 0 Å². The summed E-state index contributed by atoms with van der Waals surface area (Å²) in [5.41, 5.74) is -1.50. The van der Waals surface area contributed by atoms with Gasteiger partial charge in [0.25, 0.3) is 0 Å². The Balaban J connectivity index is -0.0000000401. The van der Waals surface area contributed by atoms with Gasteiger partial charge in [0, 0.05) is 13.2 Å². The first kappa shape index (κ1) is 34.3. The monoisotopic (exact) mass is 332 g/mol. The number of hydrogen-bond acceptors (Lipinski definition) is 4. The molecule has 1 fully saturated rings. The zero-order chi connectivity index (χ0) is 17.0. The molecule has 3 N–H and O–H groups in total. The molecular formula is C16H42AlLiO4. The Morgan fingerprint density at radius 3 is 0.818 bits per heavy atom. The van der Waals surface area contributed by atoms with Gasteiger partial charge in [0.15, 0.2) is 17.4 Å². The minimum Gasteiger partial charge on any atom is -1.00 e. The molecule has 1 aliphatic rings. The quantitative estimate of drug-likeness (QED) is 0.501. The average Bonchev–Trinajstić information content (AvgIpc) is 2.45. The summed E-state index contributed by atoms with van der Waals surface area (Å²) < 4.78 is 4.94. The van der Waals surface area contributed by atoms with Crippen molar-refractivity contribution in [3.63, 3.8) is 0 Å². The molecule has 0 atom stereocenters. The van der Waals surface area contributed by atoms with Crippen LogP contribution in [0.1, 0.15) is 76.6 Å². The third kappa shape index (κ3) is 235. The zero-order valence-electron chi connectivity index (χ0n) is 17.1. The van der Waals surface area contributed by atoms with Gasteiger partial charge in [-0.2, -0.15) is 0 Å². The molecule has 0 aliphatic carbocycles. The predicted octanol–water partition coefficient (Wildman–Crippen LogP) is -0.939. The molecule has 0 aromatic rings. The molecule has 0 amide bonds. The van der Waals surface area contributed by atoms with Crippen molar-refractivity contribution in [3.8, 4) is 0 Å². The van der Waals surface area contributed by atoms with Gasteiger partial charge >= 0.3 is 18.9 Å². The minimum atomic E-state index is -0.500. The van der Waals surface area contributed by atoms with E-state index in [2.05, 4.69) is 0 Å². The van der Waals surface area contributed by atoms with Crippen molar-refractivity contribution in [2.45, 2.75) is 92.0 Å². The predicted molar refractivity (Wildman–Crippen MR) is 97.0 cm³/mol. The van der Waals surface area contributed by atoms with E-state index >= 15 is 0 Å². The molecule has 0 bridgehead atoms. The Hall–Kier alpha value is 0.970. The summed E-state index contributed by atoms with van der Waals surface area (Å²) in [4.78, 5) is 0. The molecule has 6 heteroatoms. The van der Waals surface area contributed by atoms with Crippen molar-refractivity contribution in [2.75, 3.05) is 13.2 Å². The molecule has 1 heterocycles. The molecule has 0 unspecified atom stereocenters. The fourth-order valence-corrected chi connectivity index (χ4v) is 0.510. The second kappa shape index (κ2) is 16.8. The Labute approximate surface area is 162 Å². The van der Waals surface area contributed by atoms with Crippen LogP contribution in [0.5, 0.6) is 0 Å². The fraction of sp³-hybridized carbons (Fsp3) is 1.00. The SMILES string of the molecule is C1CCOC1.CC(C)(C)O.CC(C)(C)O.CC(C)(C)O.[AlH3].[H-].[Li+]. The number of hydrogen-bond donors (Lipinski definition) is 3. The van der Waals surface area contributed by atoms with Gasteiger partial charge in [-0.15, -0.1) is 0 Å². The second-order valence-electron chi connectivity index (χ2n) is 7.83. The van der Waals surface area contributed by atoms with Crippen LogP contribution in [0.15, 0.2) is 0 Å². The molecule has 0 aromatic heterocycles. The van der Waals surface area contributed by atoms with E-state index in [0.717, 1.165) is 13.2 Å². The van der Waals surface area contributed by atoms with Crippen LogP contribution in [-0.4, -0.2) is 62.7 Å². The Kier molecular flexibility index (Phi) is 26.2. The van der Waals surface area contributed by atoms with Crippen LogP contribution >= 0.6 is 0 Å². The maximum absolute atomic E-state index is 8.52. The third-order valence-corrected chi connectivity index (χ3v) is 0.827. The van der Waals surface area contributed by atoms with Gasteiger partial charge in [0.05, 0.1) is 16.8 Å². The van der Waals surface area contributed by atoms with Crippen molar-refractivity contribution in [1.82, 2.24) is 0 Å². The molecule has 0 aromatic carbocycles. The van der Waals surface area contributed by atoms with E-state index in [9.17, 15) is 0 Å². The first-order chi connectivity index (χ1) is 8.50. The van der Waals surface area contributed by atoms with Crippen molar-refractivity contribution in [1.29, 1.82) is 0 Å². The summed E-state index contributed by atoms with van der Waals surface area (Å²) >= 11 is 0. The number of rotatable bonds is 0. The number of aliphatic hydroxyl groups is 3. The maximum Gasteiger partial charge on any atom is 1.00 e. The van der Waals surface area contributed by atoms with Crippen LogP contribution in [0, 0.1) is 0 Å². The summed E-state index contributed by atoms with van der Waals surface area (Å²) in [7, 11) is 0. The van der Waals surface area contributed by atoms with Gasteiger partial charge in [0.2, 0.25) is 0 Å². The maximum atomic E-state index is 8.52. The summed E-state index contributed by atoms with van der Waals surface area (Å²) in [5.74, 6) is 0. The van der Waals surface area contributed by atoms with E-state index in [0.29, 0.717) is 0 Å². The molecule has 0 spiro atoms. The first-order valence-electron chi connectivity index (χ1n) is 7.25. The zero-order valence-corrected chi connectivity index (χ0v) is 16.1. The van der Waals surface area contributed by atoms with Crippen LogP contribution < -0.4 is 18.9 Å². The topological polar surface area (TPSA) is 69.9 Å². The van der Waals surface area contributed by atoms with E-state index in [1.54, 1.807) is 62.3 Å². The van der Waals surface area contributed by atoms with Crippen molar-refractivity contribution < 1.29 is 40.3 Å². The van der Waals surface area contributed by atoms with Gasteiger partial charge < -0.3 is 21.5 Å². The summed E-state index contributed by atoms with van der Waals surface area (Å²) in [6, 6.07) is 0. The molecule has 22 heavy (non-hydrogen) atoms. The summed E-state index contributed by atoms with van der Waals surface area (Å²) in [6.07, 6.45) is 2.56. The molecule has 134 valence electrons. The van der Waals surface area contributed by atoms with Crippen LogP contribution in [0.4, 0.5) is 0 Å². The standard InChI is InChI=1S/C4H8O.3C4H10O.Al.Li.4H/c1-2-4-5-3-1;3*1-4(2,3)5;;;;;;/h1-4H2;3*5H,1-3H3;;;;;;/q;;;;;+1;;;;-1. The normalized spacial score (nSPS) is 13.6. The Bertz CT molecular complexity index is 153. The second-order valence-corrected chi connectivity index (χ2v) is 7.83. The Morgan fingerprint density at radius 2 is 0.773 bits per heavy atom. The minimum absolute atomic E-state index is 0. The average molecular weight is 332 g/mol. The van der Waals surface area contributed by atoms with Crippen LogP contribution in [0.2, 0.25) is 0 Å². The molecule has 0 radical (unpaired) electrons. The first-order valence-corrected chi connectivity index (χ1v) is 7.25. The van der Waals surface area contributed by atoms with E-state index in [1.807, 2.05) is 0 Å². The molecule has 1 aliphatic heterocycles.